The molecule has 1 saturated heterocycles. The lowest BCUT2D eigenvalue weighted by atomic mass is 9.99. The van der Waals surface area contributed by atoms with Gasteiger partial charge in [0, 0.05) is 24.3 Å². The van der Waals surface area contributed by atoms with E-state index in [9.17, 15) is 4.39 Å². The van der Waals surface area contributed by atoms with Crippen LogP contribution in [0.2, 0.25) is 0 Å². The van der Waals surface area contributed by atoms with Crippen molar-refractivity contribution in [1.82, 2.24) is 4.90 Å². The Hall–Kier alpha value is -1.87. The van der Waals surface area contributed by atoms with Crippen LogP contribution in [0.4, 0.5) is 10.1 Å². The van der Waals surface area contributed by atoms with Crippen LogP contribution >= 0.6 is 0 Å². The Morgan fingerprint density at radius 1 is 1.10 bits per heavy atom. The summed E-state index contributed by atoms with van der Waals surface area (Å²) in [4.78, 5) is 2.28. The van der Waals surface area contributed by atoms with Crippen LogP contribution in [-0.2, 0) is 6.54 Å². The first-order valence-electron chi connectivity index (χ1n) is 7.04. The largest absolute Gasteiger partial charge is 0.398 e. The van der Waals surface area contributed by atoms with Crippen LogP contribution in [-0.4, -0.2) is 18.0 Å². The third-order valence-electron chi connectivity index (χ3n) is 4.08. The van der Waals surface area contributed by atoms with Gasteiger partial charge in [-0.15, -0.1) is 0 Å². The van der Waals surface area contributed by atoms with Crippen molar-refractivity contribution in [3.05, 3.63) is 65.5 Å². The molecule has 104 valence electrons. The molecule has 1 atom stereocenters. The third-order valence-corrected chi connectivity index (χ3v) is 4.08. The molecule has 0 saturated carbocycles. The molecule has 1 aliphatic rings. The lowest BCUT2D eigenvalue weighted by Crippen LogP contribution is -2.21. The maximum absolute atomic E-state index is 13.8. The van der Waals surface area contributed by atoms with Gasteiger partial charge in [-0.1, -0.05) is 36.4 Å². The minimum Gasteiger partial charge on any atom is -0.398 e. The van der Waals surface area contributed by atoms with Crippen molar-refractivity contribution < 1.29 is 4.39 Å². The number of anilines is 1. The summed E-state index contributed by atoms with van der Waals surface area (Å²) in [5, 5.41) is 0. The van der Waals surface area contributed by atoms with Crippen molar-refractivity contribution in [2.75, 3.05) is 18.8 Å². The molecule has 2 aromatic carbocycles. The molecule has 1 heterocycles. The number of nitrogen functional groups attached to an aromatic ring is 1. The van der Waals surface area contributed by atoms with E-state index in [1.807, 2.05) is 6.07 Å². The highest BCUT2D eigenvalue weighted by atomic mass is 19.1. The number of hydrogen-bond acceptors (Lipinski definition) is 2. The van der Waals surface area contributed by atoms with Gasteiger partial charge in [-0.25, -0.2) is 4.39 Å². The fraction of sp³-hybridized carbons (Fsp3) is 0.294. The summed E-state index contributed by atoms with van der Waals surface area (Å²) in [7, 11) is 0. The average molecular weight is 270 g/mol. The SMILES string of the molecule is Nc1cccc(F)c1CN1CCC(c2ccccc2)C1. The summed E-state index contributed by atoms with van der Waals surface area (Å²) < 4.78 is 13.8. The Kier molecular flexibility index (Phi) is 3.70. The van der Waals surface area contributed by atoms with Gasteiger partial charge < -0.3 is 5.73 Å². The first-order valence-corrected chi connectivity index (χ1v) is 7.04. The van der Waals surface area contributed by atoms with Crippen molar-refractivity contribution in [2.45, 2.75) is 18.9 Å². The highest BCUT2D eigenvalue weighted by Crippen LogP contribution is 2.29. The summed E-state index contributed by atoms with van der Waals surface area (Å²) in [6, 6.07) is 15.4. The predicted molar refractivity (Wildman–Crippen MR) is 79.9 cm³/mol. The van der Waals surface area contributed by atoms with Gasteiger partial charge in [-0.2, -0.15) is 0 Å². The van der Waals surface area contributed by atoms with Crippen LogP contribution in [0.25, 0.3) is 0 Å². The predicted octanol–water partition coefficient (Wildman–Crippen LogP) is 3.40. The zero-order chi connectivity index (χ0) is 13.9. The number of nitrogens with zero attached hydrogens (tertiary/aromatic N) is 1. The van der Waals surface area contributed by atoms with E-state index in [4.69, 9.17) is 5.73 Å². The molecule has 1 unspecified atom stereocenters. The average Bonchev–Trinajstić information content (AvgIpc) is 2.93. The molecular formula is C17H19FN2. The van der Waals surface area contributed by atoms with Crippen LogP contribution in [0.3, 0.4) is 0 Å². The number of halogens is 1. The number of benzene rings is 2. The lowest BCUT2D eigenvalue weighted by molar-refractivity contribution is 0.322. The summed E-state index contributed by atoms with van der Waals surface area (Å²) in [6.07, 6.45) is 1.12. The fourth-order valence-corrected chi connectivity index (χ4v) is 2.94. The smallest absolute Gasteiger partial charge is 0.129 e. The van der Waals surface area contributed by atoms with Crippen molar-refractivity contribution in [3.8, 4) is 0 Å². The highest BCUT2D eigenvalue weighted by molar-refractivity contribution is 5.47. The second kappa shape index (κ2) is 5.63. The van der Waals surface area contributed by atoms with Crippen LogP contribution < -0.4 is 5.73 Å². The maximum atomic E-state index is 13.8. The van der Waals surface area contributed by atoms with Crippen LogP contribution in [0.1, 0.15) is 23.5 Å². The maximum Gasteiger partial charge on any atom is 0.129 e. The Labute approximate surface area is 119 Å². The van der Waals surface area contributed by atoms with Gasteiger partial charge in [-0.3, -0.25) is 4.90 Å². The second-order valence-electron chi connectivity index (χ2n) is 5.44. The molecule has 2 nitrogen and oxygen atoms in total. The number of hydrogen-bond donors (Lipinski definition) is 1. The molecule has 1 aliphatic heterocycles. The molecular weight excluding hydrogens is 251 g/mol. The molecule has 2 aromatic rings. The van der Waals surface area contributed by atoms with Crippen LogP contribution in [0.5, 0.6) is 0 Å². The molecule has 0 aliphatic carbocycles. The van der Waals surface area contributed by atoms with Crippen LogP contribution in [0, 0.1) is 5.82 Å². The second-order valence-corrected chi connectivity index (χ2v) is 5.44. The Bertz CT molecular complexity index is 563. The van der Waals surface area contributed by atoms with E-state index in [0.29, 0.717) is 23.7 Å². The third kappa shape index (κ3) is 2.68. The van der Waals surface area contributed by atoms with E-state index in [2.05, 4.69) is 29.2 Å². The summed E-state index contributed by atoms with van der Waals surface area (Å²) >= 11 is 0. The van der Waals surface area contributed by atoms with Gasteiger partial charge in [0.25, 0.3) is 0 Å². The highest BCUT2D eigenvalue weighted by Gasteiger charge is 2.24. The van der Waals surface area contributed by atoms with Gasteiger partial charge in [-0.05, 0) is 36.6 Å². The molecule has 20 heavy (non-hydrogen) atoms. The molecule has 3 heteroatoms. The molecule has 1 fully saturated rings. The number of likely N-dealkylation sites (tertiary alicyclic amines) is 1. The Morgan fingerprint density at radius 2 is 1.90 bits per heavy atom. The number of nitrogens with two attached hydrogens (primary N) is 1. The quantitative estimate of drug-likeness (QED) is 0.866. The van der Waals surface area contributed by atoms with Gasteiger partial charge in [0.2, 0.25) is 0 Å². The Balaban J connectivity index is 1.69. The molecule has 3 rings (SSSR count). The van der Waals surface area contributed by atoms with Gasteiger partial charge in [0.1, 0.15) is 5.82 Å². The van der Waals surface area contributed by atoms with E-state index < -0.39 is 0 Å². The first kappa shape index (κ1) is 13.1. The summed E-state index contributed by atoms with van der Waals surface area (Å²) in [6.45, 7) is 2.56. The van der Waals surface area contributed by atoms with E-state index >= 15 is 0 Å². The van der Waals surface area contributed by atoms with Gasteiger partial charge >= 0.3 is 0 Å². The van der Waals surface area contributed by atoms with E-state index in [1.54, 1.807) is 12.1 Å². The van der Waals surface area contributed by atoms with Crippen molar-refractivity contribution in [2.24, 2.45) is 0 Å². The molecule has 0 aromatic heterocycles. The monoisotopic (exact) mass is 270 g/mol. The minimum atomic E-state index is -0.201. The standard InChI is InChI=1S/C17H19FN2/c18-16-7-4-8-17(19)15(16)12-20-10-9-14(11-20)13-5-2-1-3-6-13/h1-8,14H,9-12,19H2. The Morgan fingerprint density at radius 3 is 2.65 bits per heavy atom. The zero-order valence-electron chi connectivity index (χ0n) is 11.4. The summed E-state index contributed by atoms with van der Waals surface area (Å²) in [5.41, 5.74) is 8.43. The first-order chi connectivity index (χ1) is 9.74. The van der Waals surface area contributed by atoms with Crippen molar-refractivity contribution in [1.29, 1.82) is 0 Å². The molecule has 0 bridgehead atoms. The van der Waals surface area contributed by atoms with Gasteiger partial charge in [0.15, 0.2) is 0 Å². The van der Waals surface area contributed by atoms with E-state index in [0.717, 1.165) is 19.5 Å². The lowest BCUT2D eigenvalue weighted by Gasteiger charge is -2.18. The fourth-order valence-electron chi connectivity index (χ4n) is 2.94. The zero-order valence-corrected chi connectivity index (χ0v) is 11.4. The molecule has 2 N–H and O–H groups in total. The minimum absolute atomic E-state index is 0.201. The van der Waals surface area contributed by atoms with E-state index in [1.165, 1.54) is 11.6 Å². The molecule has 0 spiro atoms. The molecule has 0 amide bonds. The normalized spacial score (nSPS) is 19.4. The van der Waals surface area contributed by atoms with Crippen molar-refractivity contribution in [3.63, 3.8) is 0 Å². The summed E-state index contributed by atoms with van der Waals surface area (Å²) in [5.74, 6) is 0.345. The number of rotatable bonds is 3. The van der Waals surface area contributed by atoms with Crippen LogP contribution in [0.15, 0.2) is 48.5 Å². The van der Waals surface area contributed by atoms with Gasteiger partial charge in [0.05, 0.1) is 0 Å². The topological polar surface area (TPSA) is 29.3 Å². The van der Waals surface area contributed by atoms with Crippen molar-refractivity contribution >= 4 is 5.69 Å². The molecule has 0 radical (unpaired) electrons. The van der Waals surface area contributed by atoms with E-state index in [-0.39, 0.29) is 5.82 Å².